The van der Waals surface area contributed by atoms with Gasteiger partial charge in [0.15, 0.2) is 0 Å². The maximum absolute atomic E-state index is 13.5. The predicted molar refractivity (Wildman–Crippen MR) is 213 cm³/mol. The topological polar surface area (TPSA) is 141 Å². The summed E-state index contributed by atoms with van der Waals surface area (Å²) in [7, 11) is 0. The number of rotatable bonds is 11. The van der Waals surface area contributed by atoms with Gasteiger partial charge in [-0.05, 0) is 108 Å². The Morgan fingerprint density at radius 1 is 0.536 bits per heavy atom. The summed E-state index contributed by atoms with van der Waals surface area (Å²) in [5.74, 6) is 3.97. The van der Waals surface area contributed by atoms with E-state index >= 15 is 0 Å². The summed E-state index contributed by atoms with van der Waals surface area (Å²) in [6.07, 6.45) is 17.7. The van der Waals surface area contributed by atoms with Crippen LogP contribution in [0.2, 0.25) is 0 Å². The van der Waals surface area contributed by atoms with E-state index in [1.807, 2.05) is 36.7 Å². The molecule has 4 heterocycles. The highest BCUT2D eigenvalue weighted by molar-refractivity contribution is 5.81. The number of H-pyrrole nitrogens is 2. The van der Waals surface area contributed by atoms with Crippen molar-refractivity contribution in [3.63, 3.8) is 0 Å². The molecule has 4 aromatic heterocycles. The van der Waals surface area contributed by atoms with Gasteiger partial charge in [0, 0.05) is 49.7 Å². The fourth-order valence-electron chi connectivity index (χ4n) is 10.7. The fourth-order valence-corrected chi connectivity index (χ4v) is 10.7. The smallest absolute Gasteiger partial charge is 0.224 e. The molecule has 4 aliphatic carbocycles. The van der Waals surface area contributed by atoms with E-state index in [1.165, 1.54) is 0 Å². The first-order valence-corrected chi connectivity index (χ1v) is 20.2. The van der Waals surface area contributed by atoms with Gasteiger partial charge in [-0.15, -0.1) is 0 Å². The van der Waals surface area contributed by atoms with Crippen molar-refractivity contribution in [1.82, 2.24) is 40.5 Å². The lowest BCUT2D eigenvalue weighted by molar-refractivity contribution is -0.128. The number of hydrogen-bond acceptors (Lipinski definition) is 6. The van der Waals surface area contributed by atoms with Crippen molar-refractivity contribution < 1.29 is 9.59 Å². The Kier molecular flexibility index (Phi) is 9.04. The minimum absolute atomic E-state index is 0.0624. The Bertz CT molecular complexity index is 2160. The highest BCUT2D eigenvalue weighted by Gasteiger charge is 2.53. The van der Waals surface area contributed by atoms with Crippen LogP contribution in [-0.2, 0) is 22.7 Å². The lowest BCUT2D eigenvalue weighted by Gasteiger charge is -2.28. The molecular weight excluding hydrogens is 697 g/mol. The number of fused-ring (bicyclic) bond motifs is 4. The standard InChI is InChI=1S/C46H46N8O2/c55-45(51-23-27-3-1-17-47-21-27)41-35-15-13-33(19-35)39(41)43-49-25-37(53-43)31-9-5-29(6-10-31)30-7-11-32(12-8-30)38-26-50-44(54-38)40-34-14-16-36(20-34)42(40)46(56)52-24-28-4-2-18-48-22-28/h1-12,17-18,21-22,25-26,33-36,39-42H,13-16,19-20,23-24H2,(H,49,53)(H,50,54)(H,51,55)(H,52,56)/t33?,34?,35?,36?,39-,40+,41-,42+. The molecule has 4 fully saturated rings. The second kappa shape index (κ2) is 14.6. The van der Waals surface area contributed by atoms with Crippen molar-refractivity contribution in [1.29, 1.82) is 0 Å². The molecule has 4 N–H and O–H groups in total. The van der Waals surface area contributed by atoms with Crippen molar-refractivity contribution in [3.05, 3.63) is 133 Å². The molecule has 56 heavy (non-hydrogen) atoms. The first kappa shape index (κ1) is 34.6. The number of imidazole rings is 2. The fraction of sp³-hybridized carbons (Fsp3) is 0.348. The number of hydrogen-bond donors (Lipinski definition) is 4. The van der Waals surface area contributed by atoms with Crippen LogP contribution >= 0.6 is 0 Å². The molecule has 2 aromatic carbocycles. The van der Waals surface area contributed by atoms with E-state index in [2.05, 4.69) is 79.1 Å². The van der Waals surface area contributed by atoms with E-state index in [9.17, 15) is 9.59 Å². The molecule has 8 atom stereocenters. The van der Waals surface area contributed by atoms with E-state index in [-0.39, 0.29) is 35.5 Å². The molecule has 4 bridgehead atoms. The van der Waals surface area contributed by atoms with Crippen LogP contribution in [0, 0.1) is 35.5 Å². The van der Waals surface area contributed by atoms with Gasteiger partial charge in [0.25, 0.3) is 0 Å². The van der Waals surface area contributed by atoms with Crippen LogP contribution in [0.3, 0.4) is 0 Å². The van der Waals surface area contributed by atoms with E-state index in [1.54, 1.807) is 24.8 Å². The Morgan fingerprint density at radius 2 is 0.946 bits per heavy atom. The average molecular weight is 743 g/mol. The molecule has 10 nitrogen and oxygen atoms in total. The monoisotopic (exact) mass is 742 g/mol. The summed E-state index contributed by atoms with van der Waals surface area (Å²) >= 11 is 0. The third-order valence-electron chi connectivity index (χ3n) is 13.4. The van der Waals surface area contributed by atoms with Gasteiger partial charge in [0.2, 0.25) is 11.8 Å². The number of aromatic amines is 2. The maximum Gasteiger partial charge on any atom is 0.224 e. The molecule has 282 valence electrons. The summed E-state index contributed by atoms with van der Waals surface area (Å²) in [5, 5.41) is 6.38. The van der Waals surface area contributed by atoms with Crippen molar-refractivity contribution in [3.8, 4) is 33.6 Å². The van der Waals surface area contributed by atoms with Crippen LogP contribution in [0.4, 0.5) is 0 Å². The Hall–Kier alpha value is -5.90. The van der Waals surface area contributed by atoms with Crippen LogP contribution < -0.4 is 10.6 Å². The SMILES string of the molecule is O=C(NCc1cccnc1)[C@@H]1C2CCC(C2)[C@H]1c1ncc(-c2ccc(-c3ccc(-c4cnc([C@H]5C6CCC(C6)[C@@H]5C(=O)NCc5cccnc5)[nH]4)cc3)cc2)[nH]1. The number of carbonyl (C=O) groups excluding carboxylic acids is 2. The number of nitrogens with one attached hydrogen (secondary N) is 4. The third kappa shape index (κ3) is 6.50. The Balaban J connectivity index is 0.798. The first-order valence-electron chi connectivity index (χ1n) is 20.2. The zero-order valence-electron chi connectivity index (χ0n) is 31.3. The summed E-state index contributed by atoms with van der Waals surface area (Å²) < 4.78 is 0. The third-order valence-corrected chi connectivity index (χ3v) is 13.4. The van der Waals surface area contributed by atoms with Gasteiger partial charge in [-0.2, -0.15) is 0 Å². The van der Waals surface area contributed by atoms with Crippen molar-refractivity contribution in [2.75, 3.05) is 0 Å². The molecule has 10 rings (SSSR count). The highest BCUT2D eigenvalue weighted by atomic mass is 16.2. The van der Waals surface area contributed by atoms with Gasteiger partial charge in [-0.1, -0.05) is 60.7 Å². The maximum atomic E-state index is 13.5. The second-order valence-corrected chi connectivity index (χ2v) is 16.4. The molecule has 10 heteroatoms. The molecule has 2 amide bonds. The lowest BCUT2D eigenvalue weighted by atomic mass is 9.78. The van der Waals surface area contributed by atoms with Crippen LogP contribution in [-0.4, -0.2) is 41.7 Å². The molecule has 0 saturated heterocycles. The van der Waals surface area contributed by atoms with E-state index < -0.39 is 0 Å². The van der Waals surface area contributed by atoms with Gasteiger partial charge in [-0.3, -0.25) is 19.6 Å². The van der Waals surface area contributed by atoms with Crippen LogP contribution in [0.25, 0.3) is 33.6 Å². The average Bonchev–Trinajstić information content (AvgIpc) is 4.12. The minimum atomic E-state index is -0.0624. The summed E-state index contributed by atoms with van der Waals surface area (Å²) in [6, 6.07) is 24.9. The van der Waals surface area contributed by atoms with Gasteiger partial charge < -0.3 is 20.6 Å². The summed E-state index contributed by atoms with van der Waals surface area (Å²) in [5.41, 5.74) is 8.35. The van der Waals surface area contributed by atoms with Gasteiger partial charge in [0.1, 0.15) is 11.6 Å². The van der Waals surface area contributed by atoms with Crippen LogP contribution in [0.1, 0.15) is 73.1 Å². The minimum Gasteiger partial charge on any atom is -0.352 e. The molecule has 0 radical (unpaired) electrons. The number of pyridine rings is 2. The number of carbonyl (C=O) groups is 2. The summed E-state index contributed by atoms with van der Waals surface area (Å²) in [6.45, 7) is 0.987. The van der Waals surface area contributed by atoms with Crippen molar-refractivity contribution in [2.45, 2.75) is 63.5 Å². The number of aromatic nitrogens is 6. The van der Waals surface area contributed by atoms with Crippen LogP contribution in [0.15, 0.2) is 110 Å². The molecule has 0 spiro atoms. The van der Waals surface area contributed by atoms with Crippen molar-refractivity contribution in [2.24, 2.45) is 35.5 Å². The lowest BCUT2D eigenvalue weighted by Crippen LogP contribution is -2.37. The van der Waals surface area contributed by atoms with Gasteiger partial charge >= 0.3 is 0 Å². The highest BCUT2D eigenvalue weighted by Crippen LogP contribution is 2.57. The zero-order chi connectivity index (χ0) is 37.6. The predicted octanol–water partition coefficient (Wildman–Crippen LogP) is 7.82. The number of benzene rings is 2. The molecule has 0 aliphatic heterocycles. The molecule has 4 unspecified atom stereocenters. The van der Waals surface area contributed by atoms with Crippen LogP contribution in [0.5, 0.6) is 0 Å². The zero-order valence-corrected chi connectivity index (χ0v) is 31.3. The molecule has 6 aromatic rings. The van der Waals surface area contributed by atoms with Crippen molar-refractivity contribution >= 4 is 11.8 Å². The summed E-state index contributed by atoms with van der Waals surface area (Å²) in [4.78, 5) is 52.4. The van der Waals surface area contributed by atoms with Gasteiger partial charge in [0.05, 0.1) is 35.6 Å². The molecular formula is C46H46N8O2. The first-order chi connectivity index (χ1) is 27.6. The largest absolute Gasteiger partial charge is 0.352 e. The van der Waals surface area contributed by atoms with Gasteiger partial charge in [-0.25, -0.2) is 9.97 Å². The number of nitrogens with zero attached hydrogens (tertiary/aromatic N) is 4. The Labute approximate surface area is 326 Å². The van der Waals surface area contributed by atoms with E-state index in [0.29, 0.717) is 36.8 Å². The normalized spacial score (nSPS) is 26.1. The van der Waals surface area contributed by atoms with E-state index in [4.69, 9.17) is 9.97 Å². The Morgan fingerprint density at radius 3 is 1.36 bits per heavy atom. The molecule has 4 aliphatic rings. The molecule has 4 saturated carbocycles. The van der Waals surface area contributed by atoms with E-state index in [0.717, 1.165) is 94.9 Å². The quantitative estimate of drug-likeness (QED) is 0.107. The second-order valence-electron chi connectivity index (χ2n) is 16.4. The number of amides is 2.